The molecule has 1 heterocycles. The number of benzene rings is 1. The van der Waals surface area contributed by atoms with Crippen molar-refractivity contribution in [1.29, 1.82) is 0 Å². The normalized spacial score (nSPS) is 18.3. The van der Waals surface area contributed by atoms with Gasteiger partial charge in [-0.25, -0.2) is 8.78 Å². The highest BCUT2D eigenvalue weighted by molar-refractivity contribution is 5.79. The third kappa shape index (κ3) is 5.78. The fraction of sp³-hybridized carbons (Fsp3) is 0.588. The predicted octanol–water partition coefficient (Wildman–Crippen LogP) is 2.44. The van der Waals surface area contributed by atoms with Crippen LogP contribution in [-0.4, -0.2) is 50.8 Å². The SMILES string of the molecule is CCNC(=NCCc1cc(F)cc(F)c1)N(C)CC1CCOC1. The van der Waals surface area contributed by atoms with Gasteiger partial charge in [-0.2, -0.15) is 0 Å². The van der Waals surface area contributed by atoms with Crippen molar-refractivity contribution in [2.24, 2.45) is 10.9 Å². The van der Waals surface area contributed by atoms with Crippen molar-refractivity contribution in [3.63, 3.8) is 0 Å². The van der Waals surface area contributed by atoms with Crippen molar-refractivity contribution in [3.05, 3.63) is 35.4 Å². The quantitative estimate of drug-likeness (QED) is 0.645. The second kappa shape index (κ2) is 8.82. The van der Waals surface area contributed by atoms with E-state index in [0.29, 0.717) is 24.4 Å². The first kappa shape index (κ1) is 17.7. The van der Waals surface area contributed by atoms with Crippen LogP contribution in [0.3, 0.4) is 0 Å². The van der Waals surface area contributed by atoms with Crippen molar-refractivity contribution in [3.8, 4) is 0 Å². The largest absolute Gasteiger partial charge is 0.381 e. The number of nitrogens with zero attached hydrogens (tertiary/aromatic N) is 2. The molecule has 0 radical (unpaired) electrons. The first-order chi connectivity index (χ1) is 11.1. The molecule has 6 heteroatoms. The van der Waals surface area contributed by atoms with Crippen molar-refractivity contribution in [2.45, 2.75) is 19.8 Å². The van der Waals surface area contributed by atoms with Gasteiger partial charge in [-0.05, 0) is 37.5 Å². The number of rotatable bonds is 6. The van der Waals surface area contributed by atoms with Crippen molar-refractivity contribution < 1.29 is 13.5 Å². The Labute approximate surface area is 136 Å². The van der Waals surface area contributed by atoms with Gasteiger partial charge >= 0.3 is 0 Å². The molecule has 1 aliphatic rings. The van der Waals surface area contributed by atoms with Crippen LogP contribution in [0.2, 0.25) is 0 Å². The predicted molar refractivity (Wildman–Crippen MR) is 87.6 cm³/mol. The molecule has 1 unspecified atom stereocenters. The standard InChI is InChI=1S/C17H25F2N3O/c1-3-20-17(22(2)11-14-5-7-23-12-14)21-6-4-13-8-15(18)10-16(19)9-13/h8-10,14H,3-7,11-12H2,1-2H3,(H,20,21). The Kier molecular flexibility index (Phi) is 6.77. The van der Waals surface area contributed by atoms with Gasteiger partial charge < -0.3 is 15.0 Å². The van der Waals surface area contributed by atoms with Crippen LogP contribution in [0.4, 0.5) is 8.78 Å². The Bertz CT molecular complexity index is 510. The van der Waals surface area contributed by atoms with Crippen LogP contribution in [0.25, 0.3) is 0 Å². The minimum atomic E-state index is -0.547. The fourth-order valence-corrected chi connectivity index (χ4v) is 2.72. The van der Waals surface area contributed by atoms with Crippen LogP contribution in [0, 0.1) is 17.6 Å². The molecule has 4 nitrogen and oxygen atoms in total. The molecule has 2 rings (SSSR count). The molecule has 1 aliphatic heterocycles. The molecule has 0 bridgehead atoms. The number of ether oxygens (including phenoxy) is 1. The smallest absolute Gasteiger partial charge is 0.193 e. The molecular formula is C17H25F2N3O. The first-order valence-electron chi connectivity index (χ1n) is 8.10. The first-order valence-corrected chi connectivity index (χ1v) is 8.10. The van der Waals surface area contributed by atoms with E-state index in [1.54, 1.807) is 0 Å². The summed E-state index contributed by atoms with van der Waals surface area (Å²) in [6.07, 6.45) is 1.58. The topological polar surface area (TPSA) is 36.9 Å². The summed E-state index contributed by atoms with van der Waals surface area (Å²) in [5.74, 6) is 0.251. The zero-order chi connectivity index (χ0) is 16.7. The minimum absolute atomic E-state index is 0.483. The number of nitrogens with one attached hydrogen (secondary N) is 1. The Balaban J connectivity index is 1.91. The average molecular weight is 325 g/mol. The number of halogens is 2. The second-order valence-corrected chi connectivity index (χ2v) is 5.87. The van der Waals surface area contributed by atoms with Crippen molar-refractivity contribution in [2.75, 3.05) is 39.9 Å². The van der Waals surface area contributed by atoms with Gasteiger partial charge in [-0.15, -0.1) is 0 Å². The Morgan fingerprint density at radius 2 is 2.09 bits per heavy atom. The molecule has 1 N–H and O–H groups in total. The maximum atomic E-state index is 13.2. The molecule has 1 fully saturated rings. The number of guanidine groups is 1. The summed E-state index contributed by atoms with van der Waals surface area (Å²) in [6, 6.07) is 3.59. The van der Waals surface area contributed by atoms with E-state index in [0.717, 1.165) is 44.8 Å². The van der Waals surface area contributed by atoms with E-state index in [2.05, 4.69) is 15.2 Å². The van der Waals surface area contributed by atoms with E-state index in [1.807, 2.05) is 14.0 Å². The summed E-state index contributed by atoms with van der Waals surface area (Å²) in [5, 5.41) is 3.25. The summed E-state index contributed by atoms with van der Waals surface area (Å²) < 4.78 is 31.8. The van der Waals surface area contributed by atoms with Crippen LogP contribution in [0.1, 0.15) is 18.9 Å². The highest BCUT2D eigenvalue weighted by Crippen LogP contribution is 2.13. The molecule has 128 valence electrons. The lowest BCUT2D eigenvalue weighted by Crippen LogP contribution is -2.41. The molecule has 1 atom stereocenters. The monoisotopic (exact) mass is 325 g/mol. The van der Waals surface area contributed by atoms with E-state index in [4.69, 9.17) is 4.74 Å². The summed E-state index contributed by atoms with van der Waals surface area (Å²) >= 11 is 0. The van der Waals surface area contributed by atoms with Gasteiger partial charge in [0.2, 0.25) is 0 Å². The Morgan fingerprint density at radius 1 is 1.35 bits per heavy atom. The molecule has 1 aromatic rings. The third-order valence-electron chi connectivity index (χ3n) is 3.84. The number of aliphatic imine (C=N–C) groups is 1. The number of hydrogen-bond donors (Lipinski definition) is 1. The van der Waals surface area contributed by atoms with Crippen LogP contribution >= 0.6 is 0 Å². The van der Waals surface area contributed by atoms with Gasteiger partial charge in [0.15, 0.2) is 5.96 Å². The molecule has 1 aromatic carbocycles. The van der Waals surface area contributed by atoms with Crippen LogP contribution in [0.5, 0.6) is 0 Å². The lowest BCUT2D eigenvalue weighted by atomic mass is 10.1. The summed E-state index contributed by atoms with van der Waals surface area (Å²) in [4.78, 5) is 6.65. The van der Waals surface area contributed by atoms with Gasteiger partial charge in [0.1, 0.15) is 11.6 Å². The molecule has 0 aromatic heterocycles. The summed E-state index contributed by atoms with van der Waals surface area (Å²) in [7, 11) is 2.00. The van der Waals surface area contributed by atoms with Crippen LogP contribution in [-0.2, 0) is 11.2 Å². The molecule has 0 saturated carbocycles. The Hall–Kier alpha value is -1.69. The zero-order valence-corrected chi connectivity index (χ0v) is 13.8. The van der Waals surface area contributed by atoms with Crippen molar-refractivity contribution in [1.82, 2.24) is 10.2 Å². The third-order valence-corrected chi connectivity index (χ3v) is 3.84. The highest BCUT2D eigenvalue weighted by atomic mass is 19.1. The minimum Gasteiger partial charge on any atom is -0.381 e. The maximum absolute atomic E-state index is 13.2. The molecule has 1 saturated heterocycles. The molecular weight excluding hydrogens is 300 g/mol. The summed E-state index contributed by atoms with van der Waals surface area (Å²) in [6.45, 7) is 5.80. The summed E-state index contributed by atoms with van der Waals surface area (Å²) in [5.41, 5.74) is 0.619. The van der Waals surface area contributed by atoms with Crippen molar-refractivity contribution >= 4 is 5.96 Å². The van der Waals surface area contributed by atoms with E-state index in [1.165, 1.54) is 12.1 Å². The average Bonchev–Trinajstić information content (AvgIpc) is 2.98. The lowest BCUT2D eigenvalue weighted by molar-refractivity contribution is 0.181. The highest BCUT2D eigenvalue weighted by Gasteiger charge is 2.18. The van der Waals surface area contributed by atoms with Gasteiger partial charge in [0, 0.05) is 45.3 Å². The van der Waals surface area contributed by atoms with Gasteiger partial charge in [0.05, 0.1) is 6.61 Å². The fourth-order valence-electron chi connectivity index (χ4n) is 2.72. The molecule has 0 aliphatic carbocycles. The second-order valence-electron chi connectivity index (χ2n) is 5.87. The van der Waals surface area contributed by atoms with E-state index < -0.39 is 11.6 Å². The molecule has 0 spiro atoms. The van der Waals surface area contributed by atoms with E-state index in [9.17, 15) is 8.78 Å². The van der Waals surface area contributed by atoms with Crippen LogP contribution in [0.15, 0.2) is 23.2 Å². The maximum Gasteiger partial charge on any atom is 0.193 e. The van der Waals surface area contributed by atoms with Crippen LogP contribution < -0.4 is 5.32 Å². The van der Waals surface area contributed by atoms with E-state index >= 15 is 0 Å². The van der Waals surface area contributed by atoms with Gasteiger partial charge in [-0.1, -0.05) is 0 Å². The zero-order valence-electron chi connectivity index (χ0n) is 13.8. The van der Waals surface area contributed by atoms with Gasteiger partial charge in [0.25, 0.3) is 0 Å². The lowest BCUT2D eigenvalue weighted by Gasteiger charge is -2.24. The molecule has 23 heavy (non-hydrogen) atoms. The Morgan fingerprint density at radius 3 is 2.70 bits per heavy atom. The molecule has 0 amide bonds. The number of hydrogen-bond acceptors (Lipinski definition) is 2. The van der Waals surface area contributed by atoms with E-state index in [-0.39, 0.29) is 0 Å². The van der Waals surface area contributed by atoms with Gasteiger partial charge in [-0.3, -0.25) is 4.99 Å².